The van der Waals surface area contributed by atoms with E-state index in [9.17, 15) is 0 Å². The van der Waals surface area contributed by atoms with Crippen LogP contribution in [0.4, 0.5) is 0 Å². The molecule has 0 fully saturated rings. The fraction of sp³-hybridized carbons (Fsp3) is 0.0476. The molecule has 0 radical (unpaired) electrons. The molecule has 0 amide bonds. The molecule has 2 aromatic carbocycles. The van der Waals surface area contributed by atoms with Crippen molar-refractivity contribution in [1.29, 1.82) is 0 Å². The number of allylic oxidation sites excluding steroid dienone is 4. The second-order valence-electron chi connectivity index (χ2n) is 4.65. The molecule has 0 spiro atoms. The molecule has 0 N–H and O–H groups in total. The van der Waals surface area contributed by atoms with E-state index in [1.165, 1.54) is 10.2 Å². The fourth-order valence-electron chi connectivity index (χ4n) is 1.63. The van der Waals surface area contributed by atoms with E-state index in [2.05, 4.69) is 44.2 Å². The van der Waals surface area contributed by atoms with Crippen LogP contribution in [0, 0.1) is 33.2 Å². The number of benzene rings is 2. The Hall–Kier alpha value is -1.43. The van der Waals surface area contributed by atoms with Gasteiger partial charge in [0.15, 0.2) is 0 Å². The van der Waals surface area contributed by atoms with Gasteiger partial charge in [0, 0.05) is 0 Å². The van der Waals surface area contributed by atoms with Gasteiger partial charge in [0.2, 0.25) is 0 Å². The van der Waals surface area contributed by atoms with E-state index in [0.29, 0.717) is 5.92 Å². The van der Waals surface area contributed by atoms with Crippen LogP contribution in [0.5, 0.6) is 0 Å². The van der Waals surface area contributed by atoms with Gasteiger partial charge < -0.3 is 13.5 Å². The molecule has 124 valence electrons. The molecule has 0 aromatic heterocycles. The maximum atomic E-state index is 3.72. The Labute approximate surface area is 160 Å². The van der Waals surface area contributed by atoms with Gasteiger partial charge in [0.05, 0.1) is 0 Å². The van der Waals surface area contributed by atoms with Crippen molar-refractivity contribution >= 4 is 10.2 Å². The Kier molecular flexibility index (Phi) is 16.0. The maximum absolute atomic E-state index is 3.72. The first-order valence-corrected chi connectivity index (χ1v) is 8.26. The first kappa shape index (κ1) is 23.8. The standard InChI is InChI=1S/2C7H7.C6H9Si.CH3.Pt/c2*1-7-5-3-2-4-6-7;7-5-6-3-1-2-4-6;;/h2*2-6H,1H2;1-6H,7H3;1H3;/q4*-1;+4. The monoisotopic (exact) mass is 501 g/mol. The predicted molar refractivity (Wildman–Crippen MR) is 104 cm³/mol. The van der Waals surface area contributed by atoms with Crippen molar-refractivity contribution in [1.82, 2.24) is 0 Å². The van der Waals surface area contributed by atoms with Crippen LogP contribution < -0.4 is 0 Å². The Morgan fingerprint density at radius 3 is 1.26 bits per heavy atom. The molecular formula is C21H26PtSi. The first-order valence-electron chi connectivity index (χ1n) is 7.11. The fourth-order valence-corrected chi connectivity index (χ4v) is 2.07. The molecule has 2 aromatic rings. The van der Waals surface area contributed by atoms with Gasteiger partial charge in [0.1, 0.15) is 0 Å². The number of hydrogen-bond acceptors (Lipinski definition) is 0. The summed E-state index contributed by atoms with van der Waals surface area (Å²) in [6.45, 7) is 7.44. The van der Waals surface area contributed by atoms with Crippen molar-refractivity contribution in [3.05, 3.63) is 123 Å². The van der Waals surface area contributed by atoms with Crippen molar-refractivity contribution in [2.24, 2.45) is 5.92 Å². The van der Waals surface area contributed by atoms with Crippen molar-refractivity contribution in [3.63, 3.8) is 0 Å². The van der Waals surface area contributed by atoms with Crippen molar-refractivity contribution < 1.29 is 21.1 Å². The summed E-state index contributed by atoms with van der Waals surface area (Å²) in [5.41, 5.74) is 2.14. The van der Waals surface area contributed by atoms with E-state index in [-0.39, 0.29) is 28.5 Å². The molecule has 0 unspecified atom stereocenters. The summed E-state index contributed by atoms with van der Waals surface area (Å²) >= 11 is 0. The average molecular weight is 502 g/mol. The quantitative estimate of drug-likeness (QED) is 0.401. The van der Waals surface area contributed by atoms with Gasteiger partial charge in [-0.15, -0.1) is 52.6 Å². The Balaban J connectivity index is 0. The first-order chi connectivity index (χ1) is 10.2. The zero-order valence-electron chi connectivity index (χ0n) is 14.0. The van der Waals surface area contributed by atoms with Crippen LogP contribution in [-0.4, -0.2) is 10.2 Å². The summed E-state index contributed by atoms with van der Waals surface area (Å²) in [6.07, 6.45) is 8.60. The minimum atomic E-state index is 0. The second kappa shape index (κ2) is 15.5. The summed E-state index contributed by atoms with van der Waals surface area (Å²) in [4.78, 5) is 0. The summed E-state index contributed by atoms with van der Waals surface area (Å²) in [5.74, 6) is 0.673. The summed E-state index contributed by atoms with van der Waals surface area (Å²) in [5, 5.41) is 0. The molecule has 0 saturated carbocycles. The Morgan fingerprint density at radius 2 is 1.09 bits per heavy atom. The smallest absolute Gasteiger partial charge is 0.358 e. The van der Waals surface area contributed by atoms with E-state index in [1.807, 2.05) is 60.7 Å². The van der Waals surface area contributed by atoms with Crippen LogP contribution in [0.1, 0.15) is 11.1 Å². The molecule has 0 atom stereocenters. The van der Waals surface area contributed by atoms with Gasteiger partial charge in [-0.25, -0.2) is 0 Å². The molecule has 0 saturated heterocycles. The molecule has 1 aliphatic rings. The van der Waals surface area contributed by atoms with Gasteiger partial charge in [0.25, 0.3) is 0 Å². The summed E-state index contributed by atoms with van der Waals surface area (Å²) < 4.78 is 0. The molecule has 3 rings (SSSR count). The van der Waals surface area contributed by atoms with Crippen molar-refractivity contribution in [3.8, 4) is 0 Å². The van der Waals surface area contributed by atoms with Crippen molar-refractivity contribution in [2.45, 2.75) is 0 Å². The third-order valence-corrected chi connectivity index (χ3v) is 3.62. The second-order valence-corrected chi connectivity index (χ2v) is 5.32. The van der Waals surface area contributed by atoms with E-state index in [4.69, 9.17) is 0 Å². The van der Waals surface area contributed by atoms with E-state index in [1.54, 1.807) is 0 Å². The molecule has 0 bridgehead atoms. The molecule has 2 heteroatoms. The van der Waals surface area contributed by atoms with E-state index < -0.39 is 0 Å². The molecule has 1 aliphatic carbocycles. The number of hydrogen-bond donors (Lipinski definition) is 0. The van der Waals surface area contributed by atoms with Crippen LogP contribution in [0.15, 0.2) is 85.0 Å². The maximum Gasteiger partial charge on any atom is 4.00 e. The van der Waals surface area contributed by atoms with Gasteiger partial charge in [-0.1, -0.05) is 24.3 Å². The van der Waals surface area contributed by atoms with Crippen molar-refractivity contribution in [2.75, 3.05) is 0 Å². The van der Waals surface area contributed by atoms with Crippen LogP contribution >= 0.6 is 0 Å². The van der Waals surface area contributed by atoms with Crippen LogP contribution in [0.3, 0.4) is 0 Å². The molecule has 0 aliphatic heterocycles. The Bertz CT molecular complexity index is 483. The minimum Gasteiger partial charge on any atom is -0.358 e. The zero-order valence-corrected chi connectivity index (χ0v) is 18.2. The van der Waals surface area contributed by atoms with E-state index in [0.717, 1.165) is 11.1 Å². The summed E-state index contributed by atoms with van der Waals surface area (Å²) in [6, 6.07) is 22.1. The van der Waals surface area contributed by atoms with Gasteiger partial charge in [-0.3, -0.25) is 0 Å². The van der Waals surface area contributed by atoms with Gasteiger partial charge >= 0.3 is 21.1 Å². The van der Waals surface area contributed by atoms with Crippen LogP contribution in [0.25, 0.3) is 0 Å². The average Bonchev–Trinajstić information content (AvgIpc) is 3.04. The third kappa shape index (κ3) is 12.8. The van der Waals surface area contributed by atoms with Gasteiger partial charge in [-0.2, -0.15) is 49.2 Å². The van der Waals surface area contributed by atoms with Gasteiger partial charge in [-0.05, 0) is 0 Å². The van der Waals surface area contributed by atoms with Crippen LogP contribution in [0.2, 0.25) is 0 Å². The van der Waals surface area contributed by atoms with Crippen LogP contribution in [-0.2, 0) is 21.1 Å². The SMILES string of the molecule is [CH2-]c1ccccc1.[CH2-]c1ccccc1.[CH3-].[Pt+4].[SiH3][CH-]C1C=CC=C1. The predicted octanol–water partition coefficient (Wildman–Crippen LogP) is 4.44. The summed E-state index contributed by atoms with van der Waals surface area (Å²) in [7, 11) is 1.20. The van der Waals surface area contributed by atoms with E-state index >= 15 is 0 Å². The largest absolute Gasteiger partial charge is 4.00 e. The minimum absolute atomic E-state index is 0. The molecule has 23 heavy (non-hydrogen) atoms. The topological polar surface area (TPSA) is 0 Å². The normalized spacial score (nSPS) is 11.1. The zero-order chi connectivity index (χ0) is 15.3. The number of rotatable bonds is 1. The molecule has 0 heterocycles. The third-order valence-electron chi connectivity index (χ3n) is 2.85. The molecule has 0 nitrogen and oxygen atoms in total. The Morgan fingerprint density at radius 1 is 0.739 bits per heavy atom. The molecular weight excluding hydrogens is 475 g/mol.